The van der Waals surface area contributed by atoms with Crippen LogP contribution in [0.5, 0.6) is 5.75 Å². The van der Waals surface area contributed by atoms with Gasteiger partial charge in [0.25, 0.3) is 6.26 Å². The van der Waals surface area contributed by atoms with E-state index in [1.807, 2.05) is 0 Å². The van der Waals surface area contributed by atoms with E-state index in [0.29, 0.717) is 17.6 Å². The van der Waals surface area contributed by atoms with Crippen LogP contribution < -0.4 is 4.74 Å². The number of hydrogen-bond acceptors (Lipinski definition) is 3. The molecule has 0 radical (unpaired) electrons. The van der Waals surface area contributed by atoms with E-state index in [1.165, 1.54) is 12.3 Å². The third-order valence-electron chi connectivity index (χ3n) is 1.16. The van der Waals surface area contributed by atoms with Crippen LogP contribution in [0.2, 0.25) is 0 Å². The van der Waals surface area contributed by atoms with Crippen LogP contribution in [0.15, 0.2) is 24.3 Å². The summed E-state index contributed by atoms with van der Waals surface area (Å²) in [5, 5.41) is 8.12. The molecule has 0 fully saturated rings. The fraction of sp³-hybridized carbons (Fsp3) is 0. The molecule has 3 nitrogen and oxygen atoms in total. The van der Waals surface area contributed by atoms with Gasteiger partial charge < -0.3 is 4.74 Å². The molecule has 0 atom stereocenters. The van der Waals surface area contributed by atoms with Crippen LogP contribution in [0.3, 0.4) is 0 Å². The lowest BCUT2D eigenvalue weighted by Crippen LogP contribution is -1.83. The van der Waals surface area contributed by atoms with Crippen molar-refractivity contribution in [2.24, 2.45) is 0 Å². The van der Waals surface area contributed by atoms with Gasteiger partial charge in [0.2, 0.25) is 0 Å². The molecule has 54 valence electrons. The molecule has 1 rings (SSSR count). The molecule has 3 heteroatoms. The lowest BCUT2D eigenvalue weighted by Gasteiger charge is -1.94. The van der Waals surface area contributed by atoms with Crippen molar-refractivity contribution >= 4 is 6.29 Å². The standard InChI is InChI=1S/C8H5NO2/c9-6-11-8-3-1-2-7(4-8)5-10/h1-5H. The highest BCUT2D eigenvalue weighted by molar-refractivity contribution is 5.75. The minimum atomic E-state index is 0.386. The molecule has 0 bridgehead atoms. The lowest BCUT2D eigenvalue weighted by atomic mass is 10.2. The van der Waals surface area contributed by atoms with Gasteiger partial charge in [0.1, 0.15) is 12.0 Å². The second kappa shape index (κ2) is 3.37. The van der Waals surface area contributed by atoms with Crippen molar-refractivity contribution in [1.29, 1.82) is 5.26 Å². The average molecular weight is 147 g/mol. The first-order chi connectivity index (χ1) is 5.36. The largest absolute Gasteiger partial charge is 0.388 e. The maximum absolute atomic E-state index is 10.2. The second-order valence-electron chi connectivity index (χ2n) is 1.88. The molecular weight excluding hydrogens is 142 g/mol. The Bertz CT molecular complexity index is 301. The van der Waals surface area contributed by atoms with Gasteiger partial charge in [-0.1, -0.05) is 12.1 Å². The van der Waals surface area contributed by atoms with Crippen molar-refractivity contribution in [3.63, 3.8) is 0 Å². The minimum Gasteiger partial charge on any atom is -0.388 e. The molecule has 0 unspecified atom stereocenters. The van der Waals surface area contributed by atoms with Gasteiger partial charge in [0.05, 0.1) is 0 Å². The fourth-order valence-corrected chi connectivity index (χ4v) is 0.704. The monoisotopic (exact) mass is 147 g/mol. The van der Waals surface area contributed by atoms with E-state index in [1.54, 1.807) is 18.2 Å². The number of hydrogen-bond donors (Lipinski definition) is 0. The molecule has 0 saturated carbocycles. The van der Waals surface area contributed by atoms with Crippen LogP contribution in [-0.2, 0) is 0 Å². The van der Waals surface area contributed by atoms with Crippen molar-refractivity contribution in [3.05, 3.63) is 29.8 Å². The zero-order valence-corrected chi connectivity index (χ0v) is 5.65. The summed E-state index contributed by atoms with van der Waals surface area (Å²) in [4.78, 5) is 10.2. The first-order valence-electron chi connectivity index (χ1n) is 2.98. The Labute approximate surface area is 63.8 Å². The molecule has 0 heterocycles. The van der Waals surface area contributed by atoms with Gasteiger partial charge in [-0.25, -0.2) is 0 Å². The summed E-state index contributed by atoms with van der Waals surface area (Å²) in [5.74, 6) is 0.386. The number of nitrogens with zero attached hydrogens (tertiary/aromatic N) is 1. The van der Waals surface area contributed by atoms with E-state index >= 15 is 0 Å². The summed E-state index contributed by atoms with van der Waals surface area (Å²) >= 11 is 0. The first kappa shape index (κ1) is 7.29. The molecule has 0 aliphatic rings. The molecule has 0 spiro atoms. The Morgan fingerprint density at radius 3 is 3.00 bits per heavy atom. The lowest BCUT2D eigenvalue weighted by molar-refractivity contribution is 0.112. The summed E-state index contributed by atoms with van der Waals surface area (Å²) in [7, 11) is 0. The summed E-state index contributed by atoms with van der Waals surface area (Å²) in [6, 6.07) is 6.39. The molecule has 11 heavy (non-hydrogen) atoms. The van der Waals surface area contributed by atoms with Crippen LogP contribution in [-0.4, -0.2) is 6.29 Å². The molecule has 1 aromatic rings. The van der Waals surface area contributed by atoms with E-state index in [4.69, 9.17) is 5.26 Å². The maximum Gasteiger partial charge on any atom is 0.292 e. The smallest absolute Gasteiger partial charge is 0.292 e. The Balaban J connectivity index is 2.93. The first-order valence-corrected chi connectivity index (χ1v) is 2.98. The van der Waals surface area contributed by atoms with Crippen molar-refractivity contribution in [3.8, 4) is 12.0 Å². The molecule has 0 aliphatic carbocycles. The number of rotatable bonds is 2. The van der Waals surface area contributed by atoms with E-state index in [-0.39, 0.29) is 0 Å². The number of nitriles is 1. The quantitative estimate of drug-likeness (QED) is 0.468. The van der Waals surface area contributed by atoms with Crippen molar-refractivity contribution < 1.29 is 9.53 Å². The van der Waals surface area contributed by atoms with Gasteiger partial charge in [0, 0.05) is 5.56 Å². The Morgan fingerprint density at radius 1 is 1.55 bits per heavy atom. The highest BCUT2D eigenvalue weighted by Crippen LogP contribution is 2.10. The molecular formula is C8H5NO2. The molecule has 0 aliphatic heterocycles. The third-order valence-corrected chi connectivity index (χ3v) is 1.16. The predicted octanol–water partition coefficient (Wildman–Crippen LogP) is 1.36. The zero-order valence-electron chi connectivity index (χ0n) is 5.65. The molecule has 1 aromatic carbocycles. The summed E-state index contributed by atoms with van der Waals surface area (Å²) in [6.07, 6.45) is 2.22. The number of aldehydes is 1. The highest BCUT2D eigenvalue weighted by Gasteiger charge is 1.93. The van der Waals surface area contributed by atoms with Crippen LogP contribution in [0.25, 0.3) is 0 Å². The number of benzene rings is 1. The highest BCUT2D eigenvalue weighted by atomic mass is 16.5. The predicted molar refractivity (Wildman–Crippen MR) is 38.1 cm³/mol. The maximum atomic E-state index is 10.2. The Kier molecular flexibility index (Phi) is 2.24. The van der Waals surface area contributed by atoms with Crippen LogP contribution >= 0.6 is 0 Å². The minimum absolute atomic E-state index is 0.386. The SMILES string of the molecule is N#COc1cccc(C=O)c1. The Morgan fingerprint density at radius 2 is 2.36 bits per heavy atom. The van der Waals surface area contributed by atoms with Crippen molar-refractivity contribution in [2.45, 2.75) is 0 Å². The molecule has 0 N–H and O–H groups in total. The van der Waals surface area contributed by atoms with Crippen LogP contribution in [0.4, 0.5) is 0 Å². The molecule has 0 aromatic heterocycles. The van der Waals surface area contributed by atoms with E-state index in [9.17, 15) is 4.79 Å². The fourth-order valence-electron chi connectivity index (χ4n) is 0.704. The van der Waals surface area contributed by atoms with Gasteiger partial charge in [-0.05, 0) is 12.1 Å². The summed E-state index contributed by atoms with van der Waals surface area (Å²) < 4.78 is 4.50. The van der Waals surface area contributed by atoms with Crippen molar-refractivity contribution in [2.75, 3.05) is 0 Å². The van der Waals surface area contributed by atoms with Gasteiger partial charge >= 0.3 is 0 Å². The summed E-state index contributed by atoms with van der Waals surface area (Å²) in [5.41, 5.74) is 0.498. The molecule has 0 amide bonds. The van der Waals surface area contributed by atoms with Crippen LogP contribution in [0.1, 0.15) is 10.4 Å². The average Bonchev–Trinajstić information content (AvgIpc) is 2.06. The van der Waals surface area contributed by atoms with Crippen molar-refractivity contribution in [1.82, 2.24) is 0 Å². The van der Waals surface area contributed by atoms with E-state index in [2.05, 4.69) is 4.74 Å². The van der Waals surface area contributed by atoms with Gasteiger partial charge in [-0.15, -0.1) is 5.26 Å². The second-order valence-corrected chi connectivity index (χ2v) is 1.88. The third kappa shape index (κ3) is 1.80. The van der Waals surface area contributed by atoms with E-state index < -0.39 is 0 Å². The van der Waals surface area contributed by atoms with E-state index in [0.717, 1.165) is 0 Å². The molecule has 0 saturated heterocycles. The summed E-state index contributed by atoms with van der Waals surface area (Å²) in [6.45, 7) is 0. The normalized spacial score (nSPS) is 8.27. The number of carbonyl (C=O) groups is 1. The Hall–Kier alpha value is -1.82. The zero-order chi connectivity index (χ0) is 8.10. The van der Waals surface area contributed by atoms with Crippen LogP contribution in [0, 0.1) is 11.5 Å². The number of carbonyl (C=O) groups excluding carboxylic acids is 1. The van der Waals surface area contributed by atoms with Gasteiger partial charge in [-0.2, -0.15) is 0 Å². The topological polar surface area (TPSA) is 50.1 Å². The number of ether oxygens (including phenoxy) is 1. The van der Waals surface area contributed by atoms with Gasteiger partial charge in [-0.3, -0.25) is 4.79 Å². The van der Waals surface area contributed by atoms with Gasteiger partial charge in [0.15, 0.2) is 0 Å².